The van der Waals surface area contributed by atoms with Gasteiger partial charge in [0.1, 0.15) is 17.9 Å². The summed E-state index contributed by atoms with van der Waals surface area (Å²) < 4.78 is 25.8. The lowest BCUT2D eigenvalue weighted by Crippen LogP contribution is -2.51. The maximum Gasteiger partial charge on any atom is 0.328 e. The number of imidazole rings is 1. The van der Waals surface area contributed by atoms with Crippen LogP contribution >= 0.6 is 0 Å². The molecule has 0 aliphatic carbocycles. The van der Waals surface area contributed by atoms with Crippen LogP contribution in [-0.2, 0) is 32.2 Å². The molecule has 0 fully saturated rings. The number of rotatable bonds is 10. The molecule has 0 saturated carbocycles. The third-order valence-corrected chi connectivity index (χ3v) is 4.62. The summed E-state index contributed by atoms with van der Waals surface area (Å²) in [5, 5.41) is 2.96. The van der Waals surface area contributed by atoms with E-state index in [2.05, 4.69) is 5.32 Å². The Morgan fingerprint density at radius 1 is 1.07 bits per heavy atom. The summed E-state index contributed by atoms with van der Waals surface area (Å²) in [5.41, 5.74) is 0.272. The van der Waals surface area contributed by atoms with E-state index in [1.54, 1.807) is 18.3 Å². The number of esters is 2. The first kappa shape index (κ1) is 23.3. The Kier molecular flexibility index (Phi) is 8.35. The molecule has 1 aromatic heterocycles. The van der Waals surface area contributed by atoms with E-state index < -0.39 is 24.0 Å². The molecule has 0 radical (unpaired) electrons. The second-order valence-electron chi connectivity index (χ2n) is 7.44. The Morgan fingerprint density at radius 3 is 2.30 bits per heavy atom. The van der Waals surface area contributed by atoms with Crippen molar-refractivity contribution in [2.75, 3.05) is 14.2 Å². The van der Waals surface area contributed by atoms with E-state index in [9.17, 15) is 18.8 Å². The average molecular weight is 421 g/mol. The molecule has 1 aromatic carbocycles. The number of carbonyl (C=O) groups excluding carboxylic acids is 2. The van der Waals surface area contributed by atoms with Gasteiger partial charge in [-0.05, 0) is 30.0 Å². The number of ether oxygens (including phenoxy) is 2. The highest BCUT2D eigenvalue weighted by Crippen LogP contribution is 2.09. The Morgan fingerprint density at radius 2 is 1.70 bits per heavy atom. The molecule has 0 aliphatic rings. The van der Waals surface area contributed by atoms with E-state index in [-0.39, 0.29) is 30.5 Å². The number of hydrogen-bond acceptors (Lipinski definition) is 6. The molecule has 8 nitrogen and oxygen atoms in total. The Labute approximate surface area is 174 Å². The molecule has 0 saturated heterocycles. The number of methoxy groups -OCH3 is 2. The van der Waals surface area contributed by atoms with Crippen molar-refractivity contribution in [3.63, 3.8) is 0 Å². The molecule has 1 heterocycles. The van der Waals surface area contributed by atoms with Crippen molar-refractivity contribution in [3.05, 3.63) is 58.5 Å². The number of benzene rings is 1. The van der Waals surface area contributed by atoms with Crippen LogP contribution in [0.25, 0.3) is 0 Å². The lowest BCUT2D eigenvalue weighted by atomic mass is 10.0. The maximum atomic E-state index is 13.4. The van der Waals surface area contributed by atoms with Gasteiger partial charge in [0.05, 0.1) is 27.3 Å². The van der Waals surface area contributed by atoms with E-state index >= 15 is 0 Å². The van der Waals surface area contributed by atoms with Crippen LogP contribution in [0.3, 0.4) is 0 Å². The van der Waals surface area contributed by atoms with E-state index in [0.717, 1.165) is 0 Å². The summed E-state index contributed by atoms with van der Waals surface area (Å²) in [7, 11) is 2.52. The van der Waals surface area contributed by atoms with Crippen LogP contribution in [0.1, 0.15) is 25.8 Å². The smallest absolute Gasteiger partial charge is 0.328 e. The first-order chi connectivity index (χ1) is 14.2. The molecule has 0 aliphatic heterocycles. The normalized spacial score (nSPS) is 13.1. The predicted molar refractivity (Wildman–Crippen MR) is 108 cm³/mol. The number of aromatic nitrogens is 2. The van der Waals surface area contributed by atoms with Crippen LogP contribution in [0.2, 0.25) is 0 Å². The van der Waals surface area contributed by atoms with Crippen LogP contribution in [0, 0.1) is 11.7 Å². The first-order valence-corrected chi connectivity index (χ1v) is 9.66. The summed E-state index contributed by atoms with van der Waals surface area (Å²) in [5.74, 6) is -1.30. The van der Waals surface area contributed by atoms with Crippen LogP contribution in [0.5, 0.6) is 0 Å². The summed E-state index contributed by atoms with van der Waals surface area (Å²) in [6.07, 6.45) is 3.55. The largest absolute Gasteiger partial charge is 0.468 e. The van der Waals surface area contributed by atoms with Gasteiger partial charge in [0, 0.05) is 12.4 Å². The molecular weight excluding hydrogens is 393 g/mol. The fourth-order valence-corrected chi connectivity index (χ4v) is 3.17. The fourth-order valence-electron chi connectivity index (χ4n) is 3.17. The van der Waals surface area contributed by atoms with E-state index in [1.807, 2.05) is 13.8 Å². The molecule has 0 spiro atoms. The minimum Gasteiger partial charge on any atom is -0.468 e. The second kappa shape index (κ2) is 10.7. The Balaban J connectivity index is 2.20. The minimum atomic E-state index is -0.930. The number of carbonyl (C=O) groups is 2. The van der Waals surface area contributed by atoms with Gasteiger partial charge in [-0.3, -0.25) is 24.0 Å². The summed E-state index contributed by atoms with van der Waals surface area (Å²) in [4.78, 5) is 37.1. The maximum absolute atomic E-state index is 13.4. The fraction of sp³-hybridized carbons (Fsp3) is 0.476. The second-order valence-corrected chi connectivity index (χ2v) is 7.44. The van der Waals surface area contributed by atoms with E-state index in [1.165, 1.54) is 41.7 Å². The number of halogens is 1. The highest BCUT2D eigenvalue weighted by Gasteiger charge is 2.29. The van der Waals surface area contributed by atoms with Crippen molar-refractivity contribution >= 4 is 11.9 Å². The minimum absolute atomic E-state index is 0.0345. The van der Waals surface area contributed by atoms with Crippen LogP contribution in [0.4, 0.5) is 4.39 Å². The highest BCUT2D eigenvalue weighted by atomic mass is 19.1. The quantitative estimate of drug-likeness (QED) is 0.586. The van der Waals surface area contributed by atoms with Gasteiger partial charge in [-0.25, -0.2) is 9.18 Å². The van der Waals surface area contributed by atoms with E-state index in [0.29, 0.717) is 12.0 Å². The van der Waals surface area contributed by atoms with Gasteiger partial charge in [-0.1, -0.05) is 26.0 Å². The Hall–Kier alpha value is -2.94. The lowest BCUT2D eigenvalue weighted by molar-refractivity contribution is -0.147. The van der Waals surface area contributed by atoms with Gasteiger partial charge in [-0.2, -0.15) is 0 Å². The van der Waals surface area contributed by atoms with Crippen molar-refractivity contribution in [2.45, 2.75) is 45.4 Å². The van der Waals surface area contributed by atoms with Crippen LogP contribution < -0.4 is 11.0 Å². The highest BCUT2D eigenvalue weighted by molar-refractivity contribution is 5.79. The molecule has 1 N–H and O–H groups in total. The summed E-state index contributed by atoms with van der Waals surface area (Å²) >= 11 is 0. The number of nitrogens with one attached hydrogen (secondary N) is 1. The molecule has 164 valence electrons. The zero-order valence-electron chi connectivity index (χ0n) is 17.6. The summed E-state index contributed by atoms with van der Waals surface area (Å²) in [6, 6.07) is 4.34. The topological polar surface area (TPSA) is 91.6 Å². The van der Waals surface area contributed by atoms with Gasteiger partial charge in [0.15, 0.2) is 0 Å². The van der Waals surface area contributed by atoms with Gasteiger partial charge in [0.2, 0.25) is 0 Å². The van der Waals surface area contributed by atoms with Crippen LogP contribution in [-0.4, -0.2) is 47.4 Å². The molecule has 2 atom stereocenters. The molecular formula is C21H28FN3O5. The standard InChI is InChI=1S/C21H28FN3O5/c1-14(2)10-17(19(26)29-3)23-18(20(27)30-4)13-25-9-8-24(21(25)28)12-15-6-5-7-16(22)11-15/h5-9,11,14,17-18,23H,10,12-13H2,1-4H3/t17-,18-/m0/s1. The van der Waals surface area contributed by atoms with Crippen molar-refractivity contribution < 1.29 is 23.5 Å². The molecule has 0 bridgehead atoms. The third kappa shape index (κ3) is 6.28. The molecule has 9 heteroatoms. The first-order valence-electron chi connectivity index (χ1n) is 9.66. The van der Waals surface area contributed by atoms with Crippen LogP contribution in [0.15, 0.2) is 41.5 Å². The zero-order chi connectivity index (χ0) is 22.3. The summed E-state index contributed by atoms with van der Waals surface area (Å²) in [6.45, 7) is 4.05. The average Bonchev–Trinajstić information content (AvgIpc) is 3.04. The van der Waals surface area contributed by atoms with Crippen molar-refractivity contribution in [1.82, 2.24) is 14.5 Å². The molecule has 30 heavy (non-hydrogen) atoms. The van der Waals surface area contributed by atoms with Gasteiger partial charge in [-0.15, -0.1) is 0 Å². The van der Waals surface area contributed by atoms with Gasteiger partial charge >= 0.3 is 17.6 Å². The Bertz CT molecular complexity index is 921. The zero-order valence-corrected chi connectivity index (χ0v) is 17.6. The van der Waals surface area contributed by atoms with Crippen molar-refractivity contribution in [3.8, 4) is 0 Å². The molecule has 0 amide bonds. The molecule has 2 aromatic rings. The van der Waals surface area contributed by atoms with Gasteiger partial charge in [0.25, 0.3) is 0 Å². The molecule has 0 unspecified atom stereocenters. The predicted octanol–water partition coefficient (Wildman–Crippen LogP) is 1.56. The van der Waals surface area contributed by atoms with Crippen molar-refractivity contribution in [1.29, 1.82) is 0 Å². The monoisotopic (exact) mass is 421 g/mol. The van der Waals surface area contributed by atoms with Crippen molar-refractivity contribution in [2.24, 2.45) is 5.92 Å². The number of nitrogens with zero attached hydrogens (tertiary/aromatic N) is 2. The third-order valence-electron chi connectivity index (χ3n) is 4.62. The van der Waals surface area contributed by atoms with Gasteiger partial charge < -0.3 is 9.47 Å². The number of hydrogen-bond donors (Lipinski definition) is 1. The molecule has 2 rings (SSSR count). The van der Waals surface area contributed by atoms with E-state index in [4.69, 9.17) is 9.47 Å². The lowest BCUT2D eigenvalue weighted by Gasteiger charge is -2.24. The SMILES string of the molecule is COC(=O)[C@H](CC(C)C)N[C@@H](Cn1ccn(Cc2cccc(F)c2)c1=O)C(=O)OC.